The van der Waals surface area contributed by atoms with E-state index in [-0.39, 0.29) is 83.5 Å². The molecule has 0 spiro atoms. The van der Waals surface area contributed by atoms with E-state index in [1.165, 1.54) is 16.0 Å². The molecule has 0 aliphatic heterocycles. The van der Waals surface area contributed by atoms with E-state index in [1.54, 1.807) is 18.3 Å². The van der Waals surface area contributed by atoms with Gasteiger partial charge in [-0.3, -0.25) is 0 Å². The molecule has 0 bridgehead atoms. The van der Waals surface area contributed by atoms with Gasteiger partial charge in [0.15, 0.2) is 9.60 Å². The summed E-state index contributed by atoms with van der Waals surface area (Å²) in [6, 6.07) is 12.9. The molecule has 16 unspecified atom stereocenters. The van der Waals surface area contributed by atoms with Crippen molar-refractivity contribution in [1.82, 2.24) is 9.97 Å². The Bertz CT molecular complexity index is 1640. The van der Waals surface area contributed by atoms with E-state index in [2.05, 4.69) is 183 Å². The Labute approximate surface area is 416 Å². The number of hydrogen-bond donors (Lipinski definition) is 3. The summed E-state index contributed by atoms with van der Waals surface area (Å²) < 4.78 is 5.05. The Balaban J connectivity index is 0.000000814. The number of nitrogens with zero attached hydrogens (tertiary/aromatic N) is 2. The average Bonchev–Trinajstić information content (AvgIpc) is 3.63. The van der Waals surface area contributed by atoms with Crippen LogP contribution in [0.1, 0.15) is 34.6 Å². The summed E-state index contributed by atoms with van der Waals surface area (Å²) in [5.74, 6) is 0. The lowest BCUT2D eigenvalue weighted by Gasteiger charge is -2.49. The molecule has 0 aliphatic rings. The van der Waals surface area contributed by atoms with E-state index < -0.39 is 0 Å². The number of aliphatic hydroxyl groups excluding tert-OH is 1. The number of aliphatic hydroxyl groups is 1. The molecule has 2 aromatic heterocycles. The molecule has 0 radical (unpaired) electrons. The van der Waals surface area contributed by atoms with Crippen LogP contribution in [-0.2, 0) is 0 Å². The summed E-state index contributed by atoms with van der Waals surface area (Å²) in [4.78, 5) is 8.62. The number of fused-ring (bicyclic) bond motifs is 2. The summed E-state index contributed by atoms with van der Waals surface area (Å²) in [6.45, 7) is 10.6. The fourth-order valence-electron chi connectivity index (χ4n) is 3.38. The van der Waals surface area contributed by atoms with Crippen LogP contribution in [0.2, 0.25) is 4.47 Å². The summed E-state index contributed by atoms with van der Waals surface area (Å²) in [5, 5.41) is 11.9. The number of rotatable bonds is 13. The van der Waals surface area contributed by atoms with Crippen molar-refractivity contribution in [1.29, 1.82) is 0 Å². The van der Waals surface area contributed by atoms with Crippen LogP contribution >= 0.6 is 267 Å². The lowest BCUT2D eigenvalue weighted by atomic mass is 10.3. The van der Waals surface area contributed by atoms with Crippen LogP contribution in [0.15, 0.2) is 45.3 Å². The van der Waals surface area contributed by atoms with E-state index >= 15 is 0 Å². The zero-order valence-electron chi connectivity index (χ0n) is 31.6. The Hall–Kier alpha value is 9.94. The van der Waals surface area contributed by atoms with Crippen LogP contribution in [-0.4, -0.2) is 33.8 Å². The average molecular weight is 1430 g/mol. The smallest absolute Gasteiger partial charge is 0.184 e. The van der Waals surface area contributed by atoms with Crippen LogP contribution in [0.5, 0.6) is 0 Å². The third-order valence-electron chi connectivity index (χ3n) is 5.10. The van der Waals surface area contributed by atoms with Crippen molar-refractivity contribution in [3.63, 3.8) is 0 Å². The first-order valence-corrected chi connectivity index (χ1v) is 64.1. The molecule has 0 aliphatic carbocycles. The van der Waals surface area contributed by atoms with Crippen molar-refractivity contribution in [2.75, 3.05) is 11.9 Å². The summed E-state index contributed by atoms with van der Waals surface area (Å²) in [5.41, 5.74) is 7.11. The van der Waals surface area contributed by atoms with Gasteiger partial charge in [-0.25, -0.2) is 9.97 Å². The molecule has 57 heavy (non-hydrogen) atoms. The lowest BCUT2D eigenvalue weighted by Crippen LogP contribution is -2.08. The molecule has 0 fully saturated rings. The second-order valence-electron chi connectivity index (χ2n) is 10.8. The maximum atomic E-state index is 7.57. The molecule has 0 saturated carbocycles. The van der Waals surface area contributed by atoms with E-state index in [1.807, 2.05) is 44.2 Å². The highest BCUT2D eigenvalue weighted by molar-refractivity contribution is 9.40. The molecule has 35 heteroatoms. The van der Waals surface area contributed by atoms with Gasteiger partial charge in [0, 0.05) is 21.6 Å². The van der Waals surface area contributed by atoms with Gasteiger partial charge in [-0.05, 0) is 140 Å². The maximum absolute atomic E-state index is 7.57. The number of halogens is 3. The number of benzene rings is 2. The topological polar surface area (TPSA) is 84.1 Å². The van der Waals surface area contributed by atoms with Crippen molar-refractivity contribution in [3.05, 3.63) is 49.8 Å². The van der Waals surface area contributed by atoms with Crippen LogP contribution in [0.4, 0.5) is 5.13 Å². The van der Waals surface area contributed by atoms with Gasteiger partial charge in [0.05, 0.1) is 20.4 Å². The predicted octanol–water partition coefficient (Wildman–Crippen LogP) is 22.2. The highest BCUT2D eigenvalue weighted by atomic mass is 79.9. The van der Waals surface area contributed by atoms with Crippen LogP contribution in [0, 0.1) is 0 Å². The van der Waals surface area contributed by atoms with E-state index in [4.69, 9.17) is 22.4 Å². The number of nitrogens with two attached hydrogens (primary N) is 1. The highest BCUT2D eigenvalue weighted by Crippen LogP contribution is 3.34. The Morgan fingerprint density at radius 3 is 1.40 bits per heavy atom. The molecule has 0 amide bonds. The lowest BCUT2D eigenvalue weighted by molar-refractivity contribution is 0.318. The first-order chi connectivity index (χ1) is 26.4. The minimum Gasteiger partial charge on any atom is -0.397 e. The standard InChI is InChI=1S/C10H11BrN2S.C7H3BrClNS.C3H9N.C2H6O.H27P25/c1-6(2)12-10-13-8-5-7(11)3-4-9(8)14-10;8-4-1-2-6-5(3-4)10-7(9)11-6;1-3(2)4;1-2-3;1-14-21(15(2)3)24(20(12)13)25(22(16(4)5)17(6)7)23(18(8)9)19(10)11/h3-6H,1-2H3,(H,12,13);1-3H;3H,4H2,1-2H3;3H,2H2,1H3;14H,1-13H2. The van der Waals surface area contributed by atoms with Crippen molar-refractivity contribution < 1.29 is 5.11 Å². The van der Waals surface area contributed by atoms with E-state index in [9.17, 15) is 0 Å². The largest absolute Gasteiger partial charge is 0.397 e. The second-order valence-corrected chi connectivity index (χ2v) is 113. The number of thiazole rings is 2. The molecular weight excluding hydrogens is 1370 g/mol. The number of hydrogen-bond acceptors (Lipinski definition) is 7. The van der Waals surface area contributed by atoms with Gasteiger partial charge >= 0.3 is 0 Å². The molecule has 4 rings (SSSR count). The molecule has 4 aromatic rings. The quantitative estimate of drug-likeness (QED) is 0.116. The first kappa shape index (κ1) is 66.9. The van der Waals surface area contributed by atoms with Gasteiger partial charge in [-0.2, -0.15) is 0 Å². The van der Waals surface area contributed by atoms with Gasteiger partial charge in [0.1, 0.15) is 0 Å². The molecule has 0 saturated heterocycles. The SMILES string of the molecule is CC(C)N.CC(C)Nc1nc2cc(Br)ccc2s1.CCO.Clc1nc2cc(Br)ccc2s1.PPP(P(P)P)P(P(P)P)P(P(P(P)P)P(P)P)P(P(P)P)P(P)P. The zero-order valence-corrected chi connectivity index (χ0v) is 63.0. The van der Waals surface area contributed by atoms with Crippen LogP contribution in [0.25, 0.3) is 20.4 Å². The first-order valence-electron chi connectivity index (χ1n) is 15.6. The summed E-state index contributed by atoms with van der Waals surface area (Å²) >= 11 is 15.7. The van der Waals surface area contributed by atoms with Gasteiger partial charge < -0.3 is 16.2 Å². The molecular formula is C22H56Br2ClN4OP25S2. The maximum Gasteiger partial charge on any atom is 0.184 e. The van der Waals surface area contributed by atoms with E-state index in [0.29, 0.717) is 16.6 Å². The zero-order chi connectivity index (χ0) is 44.3. The number of nitrogens with one attached hydrogen (secondary N) is 1. The van der Waals surface area contributed by atoms with Crippen molar-refractivity contribution in [2.45, 2.75) is 46.7 Å². The van der Waals surface area contributed by atoms with Crippen LogP contribution in [0.3, 0.4) is 0 Å². The molecule has 2 heterocycles. The van der Waals surface area contributed by atoms with Gasteiger partial charge in [-0.1, -0.05) is 76.6 Å². The van der Waals surface area contributed by atoms with Crippen molar-refractivity contribution in [2.24, 2.45) is 5.73 Å². The molecule has 4 N–H and O–H groups in total. The second kappa shape index (κ2) is 37.7. The van der Waals surface area contributed by atoms with Crippen molar-refractivity contribution in [3.8, 4) is 0 Å². The number of anilines is 1. The summed E-state index contributed by atoms with van der Waals surface area (Å²) in [6.07, 6.45) is 0. The molecule has 5 nitrogen and oxygen atoms in total. The van der Waals surface area contributed by atoms with Crippen molar-refractivity contribution >= 4 is 293 Å². The highest BCUT2D eigenvalue weighted by Gasteiger charge is 2.46. The van der Waals surface area contributed by atoms with Crippen LogP contribution < -0.4 is 11.1 Å². The van der Waals surface area contributed by atoms with E-state index in [0.717, 1.165) is 37.8 Å². The Kier molecular flexibility index (Phi) is 44.2. The Morgan fingerprint density at radius 1 is 0.702 bits per heavy atom. The fraction of sp³-hybridized carbons (Fsp3) is 0.364. The van der Waals surface area contributed by atoms with Gasteiger partial charge in [0.25, 0.3) is 0 Å². The Morgan fingerprint density at radius 2 is 1.07 bits per heavy atom. The molecule has 16 atom stereocenters. The minimum absolute atomic E-state index is 0.00618. The monoisotopic (exact) mass is 1420 g/mol. The molecule has 328 valence electrons. The number of aromatic nitrogens is 2. The minimum atomic E-state index is -0.00868. The normalized spacial score (nSPS) is 13.0. The van der Waals surface area contributed by atoms with Gasteiger partial charge in [-0.15, -0.1) is 127 Å². The predicted molar refractivity (Wildman–Crippen MR) is 361 cm³/mol. The third kappa shape index (κ3) is 28.1. The van der Waals surface area contributed by atoms with Gasteiger partial charge in [0.2, 0.25) is 0 Å². The fourth-order valence-corrected chi connectivity index (χ4v) is 321. The third-order valence-corrected chi connectivity index (χ3v) is 170. The molecule has 2 aromatic carbocycles. The summed E-state index contributed by atoms with van der Waals surface area (Å²) in [7, 11) is 43.0.